The van der Waals surface area contributed by atoms with Crippen LogP contribution in [-0.2, 0) is 27.5 Å². The number of amides is 2. The van der Waals surface area contributed by atoms with Gasteiger partial charge in [0.2, 0.25) is 0 Å². The topological polar surface area (TPSA) is 96.4 Å². The average Bonchev–Trinajstić information content (AvgIpc) is 2.96. The molecule has 2 aromatic carbocycles. The number of carbonyl (C=O) groups is 3. The van der Waals surface area contributed by atoms with Crippen LogP contribution in [0.5, 0.6) is 0 Å². The van der Waals surface area contributed by atoms with Crippen LogP contribution in [0.15, 0.2) is 60.7 Å². The van der Waals surface area contributed by atoms with Crippen molar-refractivity contribution in [2.24, 2.45) is 11.8 Å². The summed E-state index contributed by atoms with van der Waals surface area (Å²) in [6.45, 7) is 4.83. The van der Waals surface area contributed by atoms with Gasteiger partial charge in [-0.3, -0.25) is 0 Å². The third-order valence-corrected chi connectivity index (χ3v) is 6.72. The Balaban J connectivity index is 0.000000206. The van der Waals surface area contributed by atoms with Gasteiger partial charge in [-0.1, -0.05) is 60.7 Å². The lowest BCUT2D eigenvalue weighted by Gasteiger charge is -2.33. The van der Waals surface area contributed by atoms with Crippen molar-refractivity contribution in [3.05, 3.63) is 71.8 Å². The molecule has 2 aromatic rings. The maximum Gasteiger partial charge on any atom is 0.410 e. The second kappa shape index (κ2) is 15.0. The highest BCUT2D eigenvalue weighted by molar-refractivity contribution is 5.69. The molecule has 2 aliphatic heterocycles. The molecule has 3 atom stereocenters. The highest BCUT2D eigenvalue weighted by Crippen LogP contribution is 2.20. The maximum absolute atomic E-state index is 12.0. The molecule has 8 heteroatoms. The summed E-state index contributed by atoms with van der Waals surface area (Å²) in [5, 5.41) is 9.61. The normalized spacial score (nSPS) is 20.2. The minimum atomic E-state index is -0.371. The number of nitrogens with zero attached hydrogens (tertiary/aromatic N) is 2. The zero-order valence-corrected chi connectivity index (χ0v) is 21.5. The van der Waals surface area contributed by atoms with Gasteiger partial charge >= 0.3 is 12.2 Å². The summed E-state index contributed by atoms with van der Waals surface area (Å²) < 4.78 is 10.5. The molecule has 2 saturated heterocycles. The van der Waals surface area contributed by atoms with Gasteiger partial charge in [0.1, 0.15) is 19.5 Å². The van der Waals surface area contributed by atoms with Gasteiger partial charge in [-0.25, -0.2) is 9.59 Å². The van der Waals surface area contributed by atoms with Gasteiger partial charge in [-0.2, -0.15) is 0 Å². The molecule has 2 aliphatic rings. The monoisotopic (exact) mass is 510 g/mol. The van der Waals surface area contributed by atoms with E-state index in [4.69, 9.17) is 9.47 Å². The summed E-state index contributed by atoms with van der Waals surface area (Å²) in [4.78, 5) is 37.8. The number of piperidine rings is 2. The number of aliphatic hydroxyl groups excluding tert-OH is 1. The molecule has 4 rings (SSSR count). The van der Waals surface area contributed by atoms with Gasteiger partial charge in [0.25, 0.3) is 0 Å². The first-order chi connectivity index (χ1) is 18.0. The number of carbonyl (C=O) groups excluding carboxylic acids is 3. The lowest BCUT2D eigenvalue weighted by atomic mass is 9.94. The number of benzene rings is 2. The van der Waals surface area contributed by atoms with Crippen molar-refractivity contribution in [2.75, 3.05) is 26.2 Å². The quantitative estimate of drug-likeness (QED) is 0.569. The van der Waals surface area contributed by atoms with Gasteiger partial charge in [-0.05, 0) is 43.7 Å². The first-order valence-electron chi connectivity index (χ1n) is 13.0. The van der Waals surface area contributed by atoms with E-state index in [2.05, 4.69) is 0 Å². The van der Waals surface area contributed by atoms with Crippen LogP contribution in [0.1, 0.15) is 43.7 Å². The first kappa shape index (κ1) is 28.2. The Labute approximate surface area is 219 Å². The van der Waals surface area contributed by atoms with E-state index in [0.29, 0.717) is 26.2 Å². The Kier molecular flexibility index (Phi) is 11.4. The number of rotatable bonds is 6. The molecule has 0 unspecified atom stereocenters. The smallest absolute Gasteiger partial charge is 0.410 e. The van der Waals surface area contributed by atoms with Crippen molar-refractivity contribution in [1.29, 1.82) is 0 Å². The summed E-state index contributed by atoms with van der Waals surface area (Å²) in [6.07, 6.45) is 3.58. The Morgan fingerprint density at radius 1 is 0.865 bits per heavy atom. The first-order valence-corrected chi connectivity index (χ1v) is 13.0. The molecule has 0 saturated carbocycles. The Morgan fingerprint density at radius 2 is 1.35 bits per heavy atom. The van der Waals surface area contributed by atoms with E-state index in [1.54, 1.807) is 16.7 Å². The van der Waals surface area contributed by atoms with Gasteiger partial charge in [-0.15, -0.1) is 0 Å². The summed E-state index contributed by atoms with van der Waals surface area (Å²) in [5.41, 5.74) is 1.95. The van der Waals surface area contributed by atoms with E-state index in [9.17, 15) is 19.5 Å². The Morgan fingerprint density at radius 3 is 1.84 bits per heavy atom. The van der Waals surface area contributed by atoms with Gasteiger partial charge < -0.3 is 29.2 Å². The van der Waals surface area contributed by atoms with Crippen LogP contribution in [0, 0.1) is 11.8 Å². The minimum Gasteiger partial charge on any atom is -0.445 e. The van der Waals surface area contributed by atoms with Crippen molar-refractivity contribution in [2.45, 2.75) is 51.9 Å². The van der Waals surface area contributed by atoms with Crippen LogP contribution >= 0.6 is 0 Å². The second-order valence-corrected chi connectivity index (χ2v) is 9.65. The zero-order chi connectivity index (χ0) is 26.5. The fourth-order valence-electron chi connectivity index (χ4n) is 4.48. The lowest BCUT2D eigenvalue weighted by molar-refractivity contribution is -0.112. The number of ether oxygens (including phenoxy) is 2. The predicted octanol–water partition coefficient (Wildman–Crippen LogP) is 4.65. The summed E-state index contributed by atoms with van der Waals surface area (Å²) in [6, 6.07) is 19.2. The van der Waals surface area contributed by atoms with Crippen molar-refractivity contribution < 1.29 is 29.0 Å². The molecular weight excluding hydrogens is 472 g/mol. The molecule has 1 N–H and O–H groups in total. The lowest BCUT2D eigenvalue weighted by Crippen LogP contribution is -2.43. The molecule has 0 aliphatic carbocycles. The number of likely N-dealkylation sites (tertiary alicyclic amines) is 2. The summed E-state index contributed by atoms with van der Waals surface area (Å²) in [5.74, 6) is 0.126. The molecule has 2 heterocycles. The molecule has 0 aromatic heterocycles. The van der Waals surface area contributed by atoms with Crippen molar-refractivity contribution in [3.63, 3.8) is 0 Å². The van der Waals surface area contributed by atoms with Crippen LogP contribution in [0.4, 0.5) is 9.59 Å². The van der Waals surface area contributed by atoms with E-state index < -0.39 is 0 Å². The van der Waals surface area contributed by atoms with Crippen LogP contribution in [0.25, 0.3) is 0 Å². The number of aliphatic hydroxyl groups is 1. The van der Waals surface area contributed by atoms with E-state index in [-0.39, 0.29) is 36.7 Å². The molecule has 0 bridgehead atoms. The molecule has 200 valence electrons. The minimum absolute atomic E-state index is 0.0389. The fourth-order valence-corrected chi connectivity index (χ4v) is 4.48. The molecule has 0 spiro atoms. The Bertz CT molecular complexity index is 969. The molecule has 2 fully saturated rings. The van der Waals surface area contributed by atoms with Crippen LogP contribution in [0.2, 0.25) is 0 Å². The van der Waals surface area contributed by atoms with Crippen molar-refractivity contribution in [1.82, 2.24) is 9.80 Å². The van der Waals surface area contributed by atoms with Crippen LogP contribution in [-0.4, -0.2) is 65.7 Å². The van der Waals surface area contributed by atoms with E-state index in [0.717, 1.165) is 49.6 Å². The van der Waals surface area contributed by atoms with Gasteiger partial charge in [0, 0.05) is 38.0 Å². The molecule has 8 nitrogen and oxygen atoms in total. The summed E-state index contributed by atoms with van der Waals surface area (Å²) >= 11 is 0. The molecular formula is C29H38N2O6. The SMILES string of the molecule is C[C@H](O)[C@H]1CCCN(C(=O)OCc2ccccc2)C1.O=C[C@H]1CCCN(C(=O)OCc2ccccc2)C1. The van der Waals surface area contributed by atoms with Gasteiger partial charge in [0.05, 0.1) is 6.10 Å². The number of aldehydes is 1. The molecule has 0 radical (unpaired) electrons. The second-order valence-electron chi connectivity index (χ2n) is 9.65. The molecule has 37 heavy (non-hydrogen) atoms. The van der Waals surface area contributed by atoms with E-state index >= 15 is 0 Å². The predicted molar refractivity (Wildman–Crippen MR) is 140 cm³/mol. The molecule has 2 amide bonds. The zero-order valence-electron chi connectivity index (χ0n) is 21.5. The van der Waals surface area contributed by atoms with Crippen molar-refractivity contribution >= 4 is 18.5 Å². The van der Waals surface area contributed by atoms with Crippen LogP contribution < -0.4 is 0 Å². The van der Waals surface area contributed by atoms with Gasteiger partial charge in [0.15, 0.2) is 0 Å². The summed E-state index contributed by atoms with van der Waals surface area (Å²) in [7, 11) is 0. The Hall–Kier alpha value is -3.39. The third kappa shape index (κ3) is 9.53. The maximum atomic E-state index is 12.0. The third-order valence-electron chi connectivity index (χ3n) is 6.72. The standard InChI is InChI=1S/C15H21NO3.C14H17NO3/c1-12(17)14-8-5-9-16(10-14)15(18)19-11-13-6-3-2-4-7-13;16-10-13-7-4-8-15(9-13)14(17)18-11-12-5-2-1-3-6-12/h2-4,6-7,12,14,17H,5,8-11H2,1H3;1-3,5-6,10,13H,4,7-9,11H2/t12-,14-;13-/m00/s1. The van der Waals surface area contributed by atoms with Crippen molar-refractivity contribution in [3.8, 4) is 0 Å². The largest absolute Gasteiger partial charge is 0.445 e. The van der Waals surface area contributed by atoms with E-state index in [1.165, 1.54) is 0 Å². The van der Waals surface area contributed by atoms with Crippen LogP contribution in [0.3, 0.4) is 0 Å². The fraction of sp³-hybridized carbons (Fsp3) is 0.483. The number of hydrogen-bond acceptors (Lipinski definition) is 6. The average molecular weight is 511 g/mol. The number of hydrogen-bond donors (Lipinski definition) is 1. The highest BCUT2D eigenvalue weighted by Gasteiger charge is 2.27. The van der Waals surface area contributed by atoms with E-state index in [1.807, 2.05) is 60.7 Å². The highest BCUT2D eigenvalue weighted by atomic mass is 16.6.